The molecule has 0 unspecified atom stereocenters. The summed E-state index contributed by atoms with van der Waals surface area (Å²) in [5.41, 5.74) is 4.67. The van der Waals surface area contributed by atoms with Crippen LogP contribution in [0.15, 0.2) is 54.9 Å². The Labute approximate surface area is 153 Å². The fourth-order valence-electron chi connectivity index (χ4n) is 2.72. The van der Waals surface area contributed by atoms with Crippen molar-refractivity contribution in [3.05, 3.63) is 71.8 Å². The molecule has 2 N–H and O–H groups in total. The molecule has 0 bridgehead atoms. The lowest BCUT2D eigenvalue weighted by molar-refractivity contribution is 0.240. The van der Waals surface area contributed by atoms with Crippen LogP contribution in [-0.4, -0.2) is 27.3 Å². The first-order chi connectivity index (χ1) is 12.6. The Bertz CT molecular complexity index is 870. The van der Waals surface area contributed by atoms with Crippen molar-refractivity contribution in [2.75, 3.05) is 6.54 Å². The fraction of sp³-hybridized carbons (Fsp3) is 0.250. The van der Waals surface area contributed by atoms with Crippen molar-refractivity contribution < 1.29 is 4.79 Å². The minimum absolute atomic E-state index is 0.185. The maximum absolute atomic E-state index is 11.9. The van der Waals surface area contributed by atoms with Gasteiger partial charge in [0.05, 0.1) is 0 Å². The average Bonchev–Trinajstić information content (AvgIpc) is 3.05. The van der Waals surface area contributed by atoms with E-state index in [0.717, 1.165) is 11.4 Å². The molecule has 0 aliphatic heterocycles. The predicted molar refractivity (Wildman–Crippen MR) is 102 cm³/mol. The van der Waals surface area contributed by atoms with E-state index in [0.29, 0.717) is 19.5 Å². The Hall–Kier alpha value is -3.15. The third-order valence-corrected chi connectivity index (χ3v) is 4.20. The summed E-state index contributed by atoms with van der Waals surface area (Å²) >= 11 is 0. The van der Waals surface area contributed by atoms with Crippen molar-refractivity contribution >= 4 is 6.03 Å². The fourth-order valence-corrected chi connectivity index (χ4v) is 2.72. The first-order valence-corrected chi connectivity index (χ1v) is 8.62. The van der Waals surface area contributed by atoms with Gasteiger partial charge in [0.1, 0.15) is 12.2 Å². The van der Waals surface area contributed by atoms with E-state index in [2.05, 4.69) is 64.0 Å². The number of nitrogens with one attached hydrogen (secondary N) is 2. The van der Waals surface area contributed by atoms with Crippen LogP contribution in [0.1, 0.15) is 17.0 Å². The van der Waals surface area contributed by atoms with Crippen molar-refractivity contribution in [2.24, 2.45) is 7.05 Å². The molecule has 3 aromatic rings. The molecule has 26 heavy (non-hydrogen) atoms. The molecular formula is C20H23N5O. The van der Waals surface area contributed by atoms with Gasteiger partial charge in [0.15, 0.2) is 0 Å². The van der Waals surface area contributed by atoms with Crippen LogP contribution in [0.3, 0.4) is 0 Å². The van der Waals surface area contributed by atoms with Crippen molar-refractivity contribution in [1.29, 1.82) is 0 Å². The van der Waals surface area contributed by atoms with E-state index in [1.807, 2.05) is 19.2 Å². The molecule has 0 spiro atoms. The molecule has 0 aliphatic carbocycles. The Morgan fingerprint density at radius 1 is 1.08 bits per heavy atom. The molecule has 1 aromatic heterocycles. The van der Waals surface area contributed by atoms with Crippen LogP contribution in [0, 0.1) is 6.92 Å². The predicted octanol–water partition coefficient (Wildman–Crippen LogP) is 2.83. The highest BCUT2D eigenvalue weighted by Gasteiger charge is 2.04. The number of rotatable bonds is 6. The Kier molecular flexibility index (Phi) is 5.63. The quantitative estimate of drug-likeness (QED) is 0.719. The number of aromatic nitrogens is 3. The van der Waals surface area contributed by atoms with E-state index in [4.69, 9.17) is 0 Å². The third kappa shape index (κ3) is 4.69. The van der Waals surface area contributed by atoms with Crippen LogP contribution in [-0.2, 0) is 20.0 Å². The Balaban J connectivity index is 1.45. The van der Waals surface area contributed by atoms with Gasteiger partial charge < -0.3 is 10.6 Å². The Morgan fingerprint density at radius 2 is 1.88 bits per heavy atom. The molecule has 0 aliphatic rings. The number of hydrogen-bond donors (Lipinski definition) is 2. The molecule has 0 atom stereocenters. The largest absolute Gasteiger partial charge is 0.338 e. The maximum atomic E-state index is 11.9. The van der Waals surface area contributed by atoms with Gasteiger partial charge in [-0.25, -0.2) is 9.78 Å². The lowest BCUT2D eigenvalue weighted by atomic mass is 10.0. The lowest BCUT2D eigenvalue weighted by Gasteiger charge is -2.09. The normalized spacial score (nSPS) is 10.5. The van der Waals surface area contributed by atoms with Crippen LogP contribution in [0.25, 0.3) is 11.1 Å². The standard InChI is InChI=1S/C20H23N5O/c1-15-4-3-5-18(12-15)17-8-6-16(7-9-17)13-22-20(26)21-11-10-19-23-14-24-25(19)2/h3-9,12,14H,10-11,13H2,1-2H3,(H2,21,22,26). The summed E-state index contributed by atoms with van der Waals surface area (Å²) in [7, 11) is 1.84. The summed E-state index contributed by atoms with van der Waals surface area (Å²) in [4.78, 5) is 16.0. The SMILES string of the molecule is Cc1cccc(-c2ccc(CNC(=O)NCCc3ncnn3C)cc2)c1. The van der Waals surface area contributed by atoms with Gasteiger partial charge in [0.2, 0.25) is 0 Å². The molecule has 2 aromatic carbocycles. The number of nitrogens with zero attached hydrogens (tertiary/aromatic N) is 3. The van der Waals surface area contributed by atoms with Gasteiger partial charge in [-0.05, 0) is 23.6 Å². The highest BCUT2D eigenvalue weighted by atomic mass is 16.2. The van der Waals surface area contributed by atoms with E-state index < -0.39 is 0 Å². The summed E-state index contributed by atoms with van der Waals surface area (Å²) in [5.74, 6) is 0.844. The van der Waals surface area contributed by atoms with Gasteiger partial charge in [0.25, 0.3) is 0 Å². The molecule has 0 radical (unpaired) electrons. The van der Waals surface area contributed by atoms with Gasteiger partial charge in [-0.2, -0.15) is 5.10 Å². The first kappa shape index (κ1) is 17.7. The molecule has 1 heterocycles. The van der Waals surface area contributed by atoms with E-state index >= 15 is 0 Å². The van der Waals surface area contributed by atoms with E-state index in [9.17, 15) is 4.79 Å². The van der Waals surface area contributed by atoms with Crippen LogP contribution in [0.2, 0.25) is 0 Å². The number of amides is 2. The number of aryl methyl sites for hydroxylation is 2. The van der Waals surface area contributed by atoms with E-state index in [-0.39, 0.29) is 6.03 Å². The molecule has 0 saturated heterocycles. The molecule has 3 rings (SSSR count). The monoisotopic (exact) mass is 349 g/mol. The zero-order valence-corrected chi connectivity index (χ0v) is 15.1. The van der Waals surface area contributed by atoms with Crippen molar-refractivity contribution in [2.45, 2.75) is 19.9 Å². The molecular weight excluding hydrogens is 326 g/mol. The topological polar surface area (TPSA) is 71.8 Å². The molecule has 2 amide bonds. The molecule has 134 valence electrons. The first-order valence-electron chi connectivity index (χ1n) is 8.62. The van der Waals surface area contributed by atoms with Gasteiger partial charge in [-0.15, -0.1) is 0 Å². The number of benzene rings is 2. The van der Waals surface area contributed by atoms with E-state index in [1.54, 1.807) is 4.68 Å². The number of hydrogen-bond acceptors (Lipinski definition) is 3. The number of carbonyl (C=O) groups excluding carboxylic acids is 1. The van der Waals surface area contributed by atoms with Gasteiger partial charge in [0, 0.05) is 26.6 Å². The smallest absolute Gasteiger partial charge is 0.315 e. The summed E-state index contributed by atoms with van der Waals surface area (Å²) in [6.45, 7) is 3.10. The second-order valence-electron chi connectivity index (χ2n) is 6.23. The van der Waals surface area contributed by atoms with Gasteiger partial charge in [-0.3, -0.25) is 4.68 Å². The third-order valence-electron chi connectivity index (χ3n) is 4.20. The summed E-state index contributed by atoms with van der Waals surface area (Å²) in [6.07, 6.45) is 2.16. The van der Waals surface area contributed by atoms with Crippen molar-refractivity contribution in [3.63, 3.8) is 0 Å². The van der Waals surface area contributed by atoms with Gasteiger partial charge >= 0.3 is 6.03 Å². The zero-order valence-electron chi connectivity index (χ0n) is 15.1. The average molecular weight is 349 g/mol. The van der Waals surface area contributed by atoms with Gasteiger partial charge in [-0.1, -0.05) is 54.1 Å². The van der Waals surface area contributed by atoms with Crippen LogP contribution in [0.5, 0.6) is 0 Å². The minimum Gasteiger partial charge on any atom is -0.338 e. The van der Waals surface area contributed by atoms with Crippen LogP contribution in [0.4, 0.5) is 4.79 Å². The van der Waals surface area contributed by atoms with Crippen LogP contribution < -0.4 is 10.6 Å². The summed E-state index contributed by atoms with van der Waals surface area (Å²) in [5, 5.41) is 9.70. The second kappa shape index (κ2) is 8.29. The highest BCUT2D eigenvalue weighted by Crippen LogP contribution is 2.20. The van der Waals surface area contributed by atoms with E-state index in [1.165, 1.54) is 23.0 Å². The number of carbonyl (C=O) groups is 1. The maximum Gasteiger partial charge on any atom is 0.315 e. The lowest BCUT2D eigenvalue weighted by Crippen LogP contribution is -2.36. The zero-order chi connectivity index (χ0) is 18.4. The molecule has 6 nitrogen and oxygen atoms in total. The highest BCUT2D eigenvalue weighted by molar-refractivity contribution is 5.73. The summed E-state index contributed by atoms with van der Waals surface area (Å²) < 4.78 is 1.70. The molecule has 6 heteroatoms. The van der Waals surface area contributed by atoms with Crippen molar-refractivity contribution in [1.82, 2.24) is 25.4 Å². The van der Waals surface area contributed by atoms with Crippen LogP contribution >= 0.6 is 0 Å². The molecule has 0 fully saturated rings. The Morgan fingerprint density at radius 3 is 2.58 bits per heavy atom. The molecule has 0 saturated carbocycles. The second-order valence-corrected chi connectivity index (χ2v) is 6.23. The van der Waals surface area contributed by atoms with Crippen molar-refractivity contribution in [3.8, 4) is 11.1 Å². The minimum atomic E-state index is -0.185. The number of urea groups is 1. The summed E-state index contributed by atoms with van der Waals surface area (Å²) in [6, 6.07) is 16.5.